The number of benzene rings is 1. The number of likely N-dealkylation sites (tertiary alicyclic amines) is 1. The lowest BCUT2D eigenvalue weighted by Crippen LogP contribution is -2.43. The third-order valence-corrected chi connectivity index (χ3v) is 3.91. The topological polar surface area (TPSA) is 55.6 Å². The Hall–Kier alpha value is -1.07. The molecular weight excluding hydrogens is 296 g/mol. The molecule has 4 nitrogen and oxygen atoms in total. The number of rotatable bonds is 2. The van der Waals surface area contributed by atoms with E-state index in [9.17, 15) is 4.79 Å². The number of carbonyl (C=O) groups excluding carboxylic acids is 1. The lowest BCUT2D eigenvalue weighted by atomic mass is 10.1. The van der Waals surface area contributed by atoms with Crippen LogP contribution in [0.4, 0.5) is 5.69 Å². The molecule has 2 rings (SSSR count). The van der Waals surface area contributed by atoms with Gasteiger partial charge in [-0.2, -0.15) is 0 Å². The van der Waals surface area contributed by atoms with Crippen LogP contribution < -0.4 is 5.73 Å². The molecule has 1 aliphatic heterocycles. The summed E-state index contributed by atoms with van der Waals surface area (Å²) < 4.78 is 6.11. The highest BCUT2D eigenvalue weighted by Gasteiger charge is 2.25. The fourth-order valence-corrected chi connectivity index (χ4v) is 2.61. The van der Waals surface area contributed by atoms with Crippen LogP contribution in [0.2, 0.25) is 0 Å². The van der Waals surface area contributed by atoms with E-state index in [0.717, 1.165) is 23.9 Å². The van der Waals surface area contributed by atoms with Crippen molar-refractivity contribution in [1.29, 1.82) is 0 Å². The van der Waals surface area contributed by atoms with E-state index in [4.69, 9.17) is 10.5 Å². The van der Waals surface area contributed by atoms with Gasteiger partial charge in [0, 0.05) is 30.4 Å². The number of methoxy groups -OCH3 is 1. The van der Waals surface area contributed by atoms with Crippen LogP contribution in [0.5, 0.6) is 0 Å². The zero-order chi connectivity index (χ0) is 13.1. The molecule has 0 aliphatic carbocycles. The van der Waals surface area contributed by atoms with Crippen molar-refractivity contribution in [2.75, 3.05) is 25.9 Å². The van der Waals surface area contributed by atoms with Crippen LogP contribution in [0.3, 0.4) is 0 Å². The fraction of sp³-hybridized carbons (Fsp3) is 0.462. The Labute approximate surface area is 115 Å². The zero-order valence-corrected chi connectivity index (χ0v) is 11.9. The van der Waals surface area contributed by atoms with Crippen LogP contribution in [0.25, 0.3) is 0 Å². The molecule has 1 amide bonds. The lowest BCUT2D eigenvalue weighted by molar-refractivity contribution is 0.0268. The minimum absolute atomic E-state index is 0.0101. The molecule has 1 unspecified atom stereocenters. The predicted molar refractivity (Wildman–Crippen MR) is 74.5 cm³/mol. The van der Waals surface area contributed by atoms with Crippen LogP contribution in [-0.2, 0) is 4.74 Å². The lowest BCUT2D eigenvalue weighted by Gasteiger charge is -2.32. The Morgan fingerprint density at radius 3 is 3.06 bits per heavy atom. The Kier molecular flexibility index (Phi) is 4.24. The SMILES string of the molecule is COC1CCCN(C(=O)c2cc(N)ccc2Br)C1. The summed E-state index contributed by atoms with van der Waals surface area (Å²) in [5.74, 6) is 0.0101. The van der Waals surface area contributed by atoms with E-state index in [2.05, 4.69) is 15.9 Å². The number of nitrogens with two attached hydrogens (primary N) is 1. The summed E-state index contributed by atoms with van der Waals surface area (Å²) in [5, 5.41) is 0. The van der Waals surface area contributed by atoms with E-state index in [1.54, 1.807) is 25.3 Å². The van der Waals surface area contributed by atoms with E-state index in [-0.39, 0.29) is 12.0 Å². The number of nitrogens with zero attached hydrogens (tertiary/aromatic N) is 1. The molecule has 1 fully saturated rings. The molecule has 98 valence electrons. The molecule has 1 atom stereocenters. The molecule has 1 aromatic rings. The fourth-order valence-electron chi connectivity index (χ4n) is 2.19. The van der Waals surface area contributed by atoms with Gasteiger partial charge in [-0.1, -0.05) is 0 Å². The van der Waals surface area contributed by atoms with Crippen molar-refractivity contribution in [3.05, 3.63) is 28.2 Å². The molecule has 0 radical (unpaired) electrons. The highest BCUT2D eigenvalue weighted by Crippen LogP contribution is 2.23. The highest BCUT2D eigenvalue weighted by atomic mass is 79.9. The number of hydrogen-bond donors (Lipinski definition) is 1. The molecule has 0 spiro atoms. The number of carbonyl (C=O) groups is 1. The van der Waals surface area contributed by atoms with Gasteiger partial charge in [0.1, 0.15) is 0 Å². The van der Waals surface area contributed by atoms with Crippen LogP contribution in [0, 0.1) is 0 Å². The third kappa shape index (κ3) is 2.84. The molecule has 1 aromatic carbocycles. The second-order valence-electron chi connectivity index (χ2n) is 4.49. The van der Waals surface area contributed by atoms with Crippen LogP contribution >= 0.6 is 15.9 Å². The Bertz CT molecular complexity index is 451. The third-order valence-electron chi connectivity index (χ3n) is 3.22. The number of amides is 1. The number of piperidine rings is 1. The molecule has 1 heterocycles. The minimum Gasteiger partial charge on any atom is -0.399 e. The first-order valence-electron chi connectivity index (χ1n) is 5.99. The first-order chi connectivity index (χ1) is 8.61. The van der Waals surface area contributed by atoms with Crippen molar-refractivity contribution in [3.8, 4) is 0 Å². The van der Waals surface area contributed by atoms with Gasteiger partial charge in [0.05, 0.1) is 11.7 Å². The highest BCUT2D eigenvalue weighted by molar-refractivity contribution is 9.10. The standard InChI is InChI=1S/C13H17BrN2O2/c1-18-10-3-2-6-16(8-10)13(17)11-7-9(15)4-5-12(11)14/h4-5,7,10H,2-3,6,8,15H2,1H3. The zero-order valence-electron chi connectivity index (χ0n) is 10.4. The van der Waals surface area contributed by atoms with Crippen molar-refractivity contribution in [3.63, 3.8) is 0 Å². The molecule has 1 saturated heterocycles. The average Bonchev–Trinajstić information content (AvgIpc) is 2.41. The first-order valence-corrected chi connectivity index (χ1v) is 6.78. The quantitative estimate of drug-likeness (QED) is 0.852. The second-order valence-corrected chi connectivity index (χ2v) is 5.34. The Balaban J connectivity index is 2.17. The van der Waals surface area contributed by atoms with E-state index >= 15 is 0 Å². The molecule has 5 heteroatoms. The van der Waals surface area contributed by atoms with E-state index in [1.807, 2.05) is 4.90 Å². The summed E-state index contributed by atoms with van der Waals surface area (Å²) in [5.41, 5.74) is 6.95. The largest absolute Gasteiger partial charge is 0.399 e. The summed E-state index contributed by atoms with van der Waals surface area (Å²) in [7, 11) is 1.69. The molecular formula is C13H17BrN2O2. The van der Waals surface area contributed by atoms with Crippen LogP contribution in [0.1, 0.15) is 23.2 Å². The Morgan fingerprint density at radius 2 is 2.33 bits per heavy atom. The number of ether oxygens (including phenoxy) is 1. The summed E-state index contributed by atoms with van der Waals surface area (Å²) >= 11 is 3.40. The maximum absolute atomic E-state index is 12.4. The van der Waals surface area contributed by atoms with Gasteiger partial charge < -0.3 is 15.4 Å². The van der Waals surface area contributed by atoms with Crippen LogP contribution in [-0.4, -0.2) is 37.1 Å². The van der Waals surface area contributed by atoms with Gasteiger partial charge in [-0.3, -0.25) is 4.79 Å². The van der Waals surface area contributed by atoms with Gasteiger partial charge >= 0.3 is 0 Å². The van der Waals surface area contributed by atoms with Gasteiger partial charge in [0.2, 0.25) is 0 Å². The van der Waals surface area contributed by atoms with Gasteiger partial charge in [0.25, 0.3) is 5.91 Å². The summed E-state index contributed by atoms with van der Waals surface area (Å²) in [6.45, 7) is 1.43. The van der Waals surface area contributed by atoms with Gasteiger partial charge in [0.15, 0.2) is 0 Å². The molecule has 0 aromatic heterocycles. The number of nitrogen functional groups attached to an aromatic ring is 1. The Morgan fingerprint density at radius 1 is 1.56 bits per heavy atom. The first kappa shape index (κ1) is 13.4. The normalized spacial score (nSPS) is 19.9. The van der Waals surface area contributed by atoms with Gasteiger partial charge in [-0.25, -0.2) is 0 Å². The van der Waals surface area contributed by atoms with Crippen molar-refractivity contribution in [2.24, 2.45) is 0 Å². The van der Waals surface area contributed by atoms with Gasteiger partial charge in [-0.05, 0) is 47.0 Å². The number of halogens is 1. The number of anilines is 1. The summed E-state index contributed by atoms with van der Waals surface area (Å²) in [6, 6.07) is 5.29. The van der Waals surface area contributed by atoms with Crippen molar-refractivity contribution < 1.29 is 9.53 Å². The second kappa shape index (κ2) is 5.71. The van der Waals surface area contributed by atoms with E-state index in [1.165, 1.54) is 0 Å². The van der Waals surface area contributed by atoms with Crippen molar-refractivity contribution >= 4 is 27.5 Å². The monoisotopic (exact) mass is 312 g/mol. The minimum atomic E-state index is 0.0101. The summed E-state index contributed by atoms with van der Waals surface area (Å²) in [4.78, 5) is 14.2. The smallest absolute Gasteiger partial charge is 0.255 e. The molecule has 0 saturated carbocycles. The van der Waals surface area contributed by atoms with Gasteiger partial charge in [-0.15, -0.1) is 0 Å². The van der Waals surface area contributed by atoms with E-state index in [0.29, 0.717) is 17.8 Å². The predicted octanol–water partition coefficient (Wildman–Crippen LogP) is 2.28. The summed E-state index contributed by atoms with van der Waals surface area (Å²) in [6.07, 6.45) is 2.13. The van der Waals surface area contributed by atoms with Crippen molar-refractivity contribution in [1.82, 2.24) is 4.90 Å². The molecule has 18 heavy (non-hydrogen) atoms. The maximum Gasteiger partial charge on any atom is 0.255 e. The number of hydrogen-bond acceptors (Lipinski definition) is 3. The van der Waals surface area contributed by atoms with E-state index < -0.39 is 0 Å². The molecule has 0 bridgehead atoms. The molecule has 2 N–H and O–H groups in total. The van der Waals surface area contributed by atoms with Crippen molar-refractivity contribution in [2.45, 2.75) is 18.9 Å². The molecule has 1 aliphatic rings. The maximum atomic E-state index is 12.4. The van der Waals surface area contributed by atoms with Crippen LogP contribution in [0.15, 0.2) is 22.7 Å². The average molecular weight is 313 g/mol.